The van der Waals surface area contributed by atoms with E-state index < -0.39 is 5.82 Å². The number of hydrogen-bond donors (Lipinski definition) is 1. The van der Waals surface area contributed by atoms with E-state index in [1.807, 2.05) is 0 Å². The fourth-order valence-corrected chi connectivity index (χ4v) is 2.79. The molecule has 0 radical (unpaired) electrons. The zero-order valence-corrected chi connectivity index (χ0v) is 11.9. The van der Waals surface area contributed by atoms with Gasteiger partial charge in [0.2, 0.25) is 5.91 Å². The second-order valence-corrected chi connectivity index (χ2v) is 5.74. The molecule has 2 heterocycles. The molecular weight excluding hydrogens is 273 g/mol. The van der Waals surface area contributed by atoms with Crippen LogP contribution in [-0.2, 0) is 11.3 Å². The Morgan fingerprint density at radius 1 is 1.38 bits per heavy atom. The molecule has 0 spiro atoms. The van der Waals surface area contributed by atoms with Gasteiger partial charge in [0.15, 0.2) is 0 Å². The number of aromatic nitrogens is 2. The van der Waals surface area contributed by atoms with Crippen molar-refractivity contribution in [2.45, 2.75) is 26.3 Å². The highest BCUT2D eigenvalue weighted by Crippen LogP contribution is 2.17. The molecule has 1 fully saturated rings. The summed E-state index contributed by atoms with van der Waals surface area (Å²) in [7, 11) is 0. The summed E-state index contributed by atoms with van der Waals surface area (Å²) < 4.78 is 14.5. The zero-order valence-electron chi connectivity index (χ0n) is 11.9. The minimum atomic E-state index is -0.410. The molecule has 0 atom stereocenters. The quantitative estimate of drug-likeness (QED) is 0.916. The number of halogens is 1. The van der Waals surface area contributed by atoms with Gasteiger partial charge in [-0.05, 0) is 37.0 Å². The van der Waals surface area contributed by atoms with Crippen molar-refractivity contribution in [2.24, 2.45) is 5.92 Å². The fraction of sp³-hybridized carbons (Fsp3) is 0.467. The number of fused-ring (bicyclic) bond motifs is 1. The van der Waals surface area contributed by atoms with E-state index in [4.69, 9.17) is 0 Å². The summed E-state index contributed by atoms with van der Waals surface area (Å²) in [6, 6.07) is 4.08. The molecule has 1 aromatic carbocycles. The third-order valence-electron chi connectivity index (χ3n) is 4.17. The van der Waals surface area contributed by atoms with Crippen molar-refractivity contribution >= 4 is 16.9 Å². The van der Waals surface area contributed by atoms with E-state index in [0.717, 1.165) is 25.9 Å². The summed E-state index contributed by atoms with van der Waals surface area (Å²) in [6.45, 7) is 3.66. The molecule has 3 rings (SSSR count). The Balaban J connectivity index is 1.83. The third kappa shape index (κ3) is 2.70. The molecule has 112 valence electrons. The van der Waals surface area contributed by atoms with Gasteiger partial charge in [0, 0.05) is 13.1 Å². The van der Waals surface area contributed by atoms with E-state index in [-0.39, 0.29) is 18.1 Å². The maximum absolute atomic E-state index is 13.2. The molecule has 5 nitrogen and oxygen atoms in total. The van der Waals surface area contributed by atoms with E-state index in [2.05, 4.69) is 11.9 Å². The molecule has 1 N–H and O–H groups in total. The first-order valence-corrected chi connectivity index (χ1v) is 7.20. The molecule has 1 amide bonds. The molecule has 1 aliphatic heterocycles. The van der Waals surface area contributed by atoms with Gasteiger partial charge in [-0.1, -0.05) is 6.92 Å². The van der Waals surface area contributed by atoms with Crippen molar-refractivity contribution in [3.63, 3.8) is 0 Å². The number of hydrogen-bond acceptors (Lipinski definition) is 2. The maximum Gasteiger partial charge on any atom is 0.326 e. The molecule has 0 aliphatic carbocycles. The molecule has 6 heteroatoms. The Morgan fingerprint density at radius 2 is 2.10 bits per heavy atom. The van der Waals surface area contributed by atoms with Gasteiger partial charge in [-0.15, -0.1) is 0 Å². The molecule has 21 heavy (non-hydrogen) atoms. The number of carbonyl (C=O) groups is 1. The van der Waals surface area contributed by atoms with Gasteiger partial charge < -0.3 is 9.88 Å². The van der Waals surface area contributed by atoms with E-state index in [1.54, 1.807) is 4.90 Å². The molecule has 0 saturated carbocycles. The zero-order chi connectivity index (χ0) is 15.0. The Hall–Kier alpha value is -2.11. The lowest BCUT2D eigenvalue weighted by molar-refractivity contribution is -0.133. The number of carbonyl (C=O) groups excluding carboxylic acids is 1. The lowest BCUT2D eigenvalue weighted by Crippen LogP contribution is -2.40. The predicted octanol–water partition coefficient (Wildman–Crippen LogP) is 1.73. The highest BCUT2D eigenvalue weighted by Gasteiger charge is 2.21. The van der Waals surface area contributed by atoms with E-state index >= 15 is 0 Å². The SMILES string of the molecule is CC1CCN(C(=O)Cn2c(=O)[nH]c3cc(F)ccc32)CC1. The molecule has 2 aromatic rings. The number of H-pyrrole nitrogens is 1. The summed E-state index contributed by atoms with van der Waals surface area (Å²) in [5.74, 6) is 0.175. The smallest absolute Gasteiger partial charge is 0.326 e. The summed E-state index contributed by atoms with van der Waals surface area (Å²) in [4.78, 5) is 28.6. The average molecular weight is 291 g/mol. The Morgan fingerprint density at radius 3 is 2.81 bits per heavy atom. The van der Waals surface area contributed by atoms with Crippen LogP contribution in [0, 0.1) is 11.7 Å². The largest absolute Gasteiger partial charge is 0.341 e. The van der Waals surface area contributed by atoms with Gasteiger partial charge in [-0.25, -0.2) is 9.18 Å². The number of imidazole rings is 1. The van der Waals surface area contributed by atoms with Crippen molar-refractivity contribution in [3.8, 4) is 0 Å². The minimum absolute atomic E-state index is 0.00114. The van der Waals surface area contributed by atoms with Crippen LogP contribution < -0.4 is 5.69 Å². The van der Waals surface area contributed by atoms with Crippen molar-refractivity contribution in [3.05, 3.63) is 34.5 Å². The van der Waals surface area contributed by atoms with Gasteiger partial charge in [0.05, 0.1) is 11.0 Å². The third-order valence-corrected chi connectivity index (χ3v) is 4.17. The summed E-state index contributed by atoms with van der Waals surface area (Å²) in [6.07, 6.45) is 2.00. The Bertz CT molecular complexity index is 726. The van der Waals surface area contributed by atoms with Crippen LogP contribution in [0.1, 0.15) is 19.8 Å². The van der Waals surface area contributed by atoms with Gasteiger partial charge >= 0.3 is 5.69 Å². The molecular formula is C15H18FN3O2. The Labute approximate surface area is 121 Å². The van der Waals surface area contributed by atoms with Gasteiger partial charge in [0.25, 0.3) is 0 Å². The molecule has 1 saturated heterocycles. The first-order chi connectivity index (χ1) is 10.0. The number of piperidine rings is 1. The van der Waals surface area contributed by atoms with Gasteiger partial charge in [0.1, 0.15) is 12.4 Å². The number of rotatable bonds is 2. The van der Waals surface area contributed by atoms with E-state index in [1.165, 1.54) is 22.8 Å². The minimum Gasteiger partial charge on any atom is -0.341 e. The van der Waals surface area contributed by atoms with Crippen molar-refractivity contribution in [1.82, 2.24) is 14.5 Å². The van der Waals surface area contributed by atoms with Crippen LogP contribution in [-0.4, -0.2) is 33.4 Å². The van der Waals surface area contributed by atoms with Crippen LogP contribution >= 0.6 is 0 Å². The second-order valence-electron chi connectivity index (χ2n) is 5.74. The number of nitrogens with zero attached hydrogens (tertiary/aromatic N) is 2. The fourth-order valence-electron chi connectivity index (χ4n) is 2.79. The maximum atomic E-state index is 13.2. The number of likely N-dealkylation sites (tertiary alicyclic amines) is 1. The van der Waals surface area contributed by atoms with Crippen molar-refractivity contribution < 1.29 is 9.18 Å². The van der Waals surface area contributed by atoms with Gasteiger partial charge in [-0.3, -0.25) is 9.36 Å². The van der Waals surface area contributed by atoms with Crippen LogP contribution in [0.15, 0.2) is 23.0 Å². The van der Waals surface area contributed by atoms with Crippen LogP contribution in [0.4, 0.5) is 4.39 Å². The second kappa shape index (κ2) is 5.35. The predicted molar refractivity (Wildman–Crippen MR) is 77.5 cm³/mol. The summed E-state index contributed by atoms with van der Waals surface area (Å²) >= 11 is 0. The number of nitrogens with one attached hydrogen (secondary N) is 1. The first kappa shape index (κ1) is 13.9. The average Bonchev–Trinajstić information content (AvgIpc) is 2.75. The van der Waals surface area contributed by atoms with Crippen LogP contribution in [0.2, 0.25) is 0 Å². The lowest BCUT2D eigenvalue weighted by atomic mass is 9.99. The highest BCUT2D eigenvalue weighted by molar-refractivity contribution is 5.80. The van der Waals surface area contributed by atoms with Crippen LogP contribution in [0.3, 0.4) is 0 Å². The van der Waals surface area contributed by atoms with E-state index in [9.17, 15) is 14.0 Å². The van der Waals surface area contributed by atoms with Gasteiger partial charge in [-0.2, -0.15) is 0 Å². The van der Waals surface area contributed by atoms with Crippen molar-refractivity contribution in [2.75, 3.05) is 13.1 Å². The van der Waals surface area contributed by atoms with E-state index in [0.29, 0.717) is 17.0 Å². The van der Waals surface area contributed by atoms with Crippen LogP contribution in [0.25, 0.3) is 11.0 Å². The molecule has 0 bridgehead atoms. The highest BCUT2D eigenvalue weighted by atomic mass is 19.1. The lowest BCUT2D eigenvalue weighted by Gasteiger charge is -2.30. The number of amides is 1. The number of benzene rings is 1. The first-order valence-electron chi connectivity index (χ1n) is 7.20. The molecule has 1 aliphatic rings. The molecule has 1 aromatic heterocycles. The number of aromatic amines is 1. The monoisotopic (exact) mass is 291 g/mol. The topological polar surface area (TPSA) is 58.1 Å². The Kier molecular flexibility index (Phi) is 3.53. The summed E-state index contributed by atoms with van der Waals surface area (Å²) in [5.41, 5.74) is 0.592. The van der Waals surface area contributed by atoms with Crippen molar-refractivity contribution in [1.29, 1.82) is 0 Å². The standard InChI is InChI=1S/C15H18FN3O2/c1-10-4-6-18(7-5-10)14(20)9-19-13-3-2-11(16)8-12(13)17-15(19)21/h2-3,8,10H,4-7,9H2,1H3,(H,17,21). The molecule has 0 unspecified atom stereocenters. The summed E-state index contributed by atoms with van der Waals surface area (Å²) in [5, 5.41) is 0. The van der Waals surface area contributed by atoms with Crippen LogP contribution in [0.5, 0.6) is 0 Å². The normalized spacial score (nSPS) is 16.6.